The van der Waals surface area contributed by atoms with Crippen molar-refractivity contribution in [1.29, 1.82) is 0 Å². The minimum atomic E-state index is -1.01. The zero-order valence-electron chi connectivity index (χ0n) is 8.25. The lowest BCUT2D eigenvalue weighted by atomic mass is 10.2. The number of hydrogen-bond acceptors (Lipinski definition) is 3. The van der Waals surface area contributed by atoms with E-state index in [-0.39, 0.29) is 12.5 Å². The first-order valence-electron chi connectivity index (χ1n) is 4.45. The van der Waals surface area contributed by atoms with E-state index in [0.717, 1.165) is 0 Å². The van der Waals surface area contributed by atoms with Gasteiger partial charge in [-0.2, -0.15) is 0 Å². The van der Waals surface area contributed by atoms with E-state index < -0.39 is 12.0 Å². The van der Waals surface area contributed by atoms with Gasteiger partial charge in [0.05, 0.1) is 6.54 Å². The molecule has 0 aromatic rings. The Labute approximate surface area is 83.2 Å². The lowest BCUT2D eigenvalue weighted by Gasteiger charge is -2.11. The van der Waals surface area contributed by atoms with Gasteiger partial charge < -0.3 is 15.7 Å². The molecular weight excluding hydrogens is 184 g/mol. The summed E-state index contributed by atoms with van der Waals surface area (Å²) >= 11 is 0. The van der Waals surface area contributed by atoms with Crippen molar-refractivity contribution < 1.29 is 14.7 Å². The third-order valence-electron chi connectivity index (χ3n) is 1.62. The predicted molar refractivity (Wildman–Crippen MR) is 52.9 cm³/mol. The van der Waals surface area contributed by atoms with E-state index in [1.807, 2.05) is 0 Å². The molecule has 0 saturated heterocycles. The van der Waals surface area contributed by atoms with Gasteiger partial charge in [-0.1, -0.05) is 13.0 Å². The van der Waals surface area contributed by atoms with E-state index in [1.54, 1.807) is 13.0 Å². The maximum Gasteiger partial charge on any atom is 0.326 e. The summed E-state index contributed by atoms with van der Waals surface area (Å²) in [4.78, 5) is 21.7. The molecule has 0 rings (SSSR count). The fraction of sp³-hybridized carbons (Fsp3) is 0.556. The highest BCUT2D eigenvalue weighted by Crippen LogP contribution is 1.89. The van der Waals surface area contributed by atoms with Crippen molar-refractivity contribution in [2.24, 2.45) is 0 Å². The zero-order valence-corrected chi connectivity index (χ0v) is 8.25. The minimum Gasteiger partial charge on any atom is -0.480 e. The van der Waals surface area contributed by atoms with Crippen LogP contribution in [0, 0.1) is 0 Å². The average Bonchev–Trinajstić information content (AvgIpc) is 2.14. The highest BCUT2D eigenvalue weighted by molar-refractivity contribution is 5.84. The lowest BCUT2D eigenvalue weighted by Crippen LogP contribution is -2.44. The first-order valence-corrected chi connectivity index (χ1v) is 4.45. The third-order valence-corrected chi connectivity index (χ3v) is 1.62. The molecule has 0 aliphatic heterocycles. The Morgan fingerprint density at radius 1 is 1.57 bits per heavy atom. The summed E-state index contributed by atoms with van der Waals surface area (Å²) < 4.78 is 0. The van der Waals surface area contributed by atoms with Crippen molar-refractivity contribution in [3.63, 3.8) is 0 Å². The molecule has 0 heterocycles. The zero-order chi connectivity index (χ0) is 11.0. The molecule has 14 heavy (non-hydrogen) atoms. The number of rotatable bonds is 7. The van der Waals surface area contributed by atoms with Crippen LogP contribution in [0.3, 0.4) is 0 Å². The molecule has 0 saturated carbocycles. The summed E-state index contributed by atoms with van der Waals surface area (Å²) in [7, 11) is 0. The van der Waals surface area contributed by atoms with Crippen LogP contribution in [-0.4, -0.2) is 36.1 Å². The number of nitrogens with one attached hydrogen (secondary N) is 2. The molecule has 5 heteroatoms. The molecule has 3 N–H and O–H groups in total. The Morgan fingerprint density at radius 3 is 2.64 bits per heavy atom. The van der Waals surface area contributed by atoms with Crippen LogP contribution in [0.1, 0.15) is 13.3 Å². The van der Waals surface area contributed by atoms with Gasteiger partial charge in [0.2, 0.25) is 5.91 Å². The van der Waals surface area contributed by atoms with Gasteiger partial charge in [-0.05, 0) is 6.42 Å². The highest BCUT2D eigenvalue weighted by Gasteiger charge is 2.16. The second-order valence-electron chi connectivity index (χ2n) is 2.79. The van der Waals surface area contributed by atoms with Gasteiger partial charge in [0.1, 0.15) is 6.04 Å². The van der Waals surface area contributed by atoms with E-state index >= 15 is 0 Å². The van der Waals surface area contributed by atoms with Crippen molar-refractivity contribution >= 4 is 11.9 Å². The number of carboxylic acids is 1. The summed E-state index contributed by atoms with van der Waals surface area (Å²) in [6.07, 6.45) is 2.00. The Balaban J connectivity index is 3.79. The fourth-order valence-corrected chi connectivity index (χ4v) is 0.872. The summed E-state index contributed by atoms with van der Waals surface area (Å²) in [5, 5.41) is 13.8. The molecule has 0 aromatic heterocycles. The highest BCUT2D eigenvalue weighted by atomic mass is 16.4. The van der Waals surface area contributed by atoms with Gasteiger partial charge in [-0.15, -0.1) is 6.58 Å². The number of amides is 1. The topological polar surface area (TPSA) is 78.4 Å². The predicted octanol–water partition coefficient (Wildman–Crippen LogP) is -0.259. The molecule has 0 fully saturated rings. The molecule has 1 amide bonds. The lowest BCUT2D eigenvalue weighted by molar-refractivity contribution is -0.141. The van der Waals surface area contributed by atoms with Crippen LogP contribution in [0.15, 0.2) is 12.7 Å². The summed E-state index contributed by atoms with van der Waals surface area (Å²) in [5.74, 6) is -1.33. The number of carbonyl (C=O) groups excluding carboxylic acids is 1. The van der Waals surface area contributed by atoms with Crippen LogP contribution in [0.4, 0.5) is 0 Å². The number of aliphatic carboxylic acids is 1. The van der Waals surface area contributed by atoms with Crippen molar-refractivity contribution in [1.82, 2.24) is 10.6 Å². The van der Waals surface area contributed by atoms with Gasteiger partial charge in [0.25, 0.3) is 0 Å². The SMILES string of the molecule is C=CCNCC(=O)N[C@H](CC)C(=O)O. The van der Waals surface area contributed by atoms with E-state index in [1.165, 1.54) is 0 Å². The van der Waals surface area contributed by atoms with Crippen LogP contribution in [0.2, 0.25) is 0 Å². The summed E-state index contributed by atoms with van der Waals surface area (Å²) in [6.45, 7) is 5.81. The monoisotopic (exact) mass is 200 g/mol. The van der Waals surface area contributed by atoms with E-state index in [9.17, 15) is 9.59 Å². The Morgan fingerprint density at radius 2 is 2.21 bits per heavy atom. The van der Waals surface area contributed by atoms with Gasteiger partial charge >= 0.3 is 5.97 Å². The largest absolute Gasteiger partial charge is 0.480 e. The molecule has 0 aliphatic rings. The third kappa shape index (κ3) is 5.31. The first-order chi connectivity index (χ1) is 6.61. The Kier molecular flexibility index (Phi) is 6.39. The maximum absolute atomic E-state index is 11.1. The molecular formula is C9H16N2O3. The summed E-state index contributed by atoms with van der Waals surface area (Å²) in [6, 6.07) is -0.798. The molecule has 0 aromatic carbocycles. The first kappa shape index (κ1) is 12.6. The van der Waals surface area contributed by atoms with Gasteiger partial charge in [0.15, 0.2) is 0 Å². The molecule has 5 nitrogen and oxygen atoms in total. The standard InChI is InChI=1S/C9H16N2O3/c1-3-5-10-6-8(12)11-7(4-2)9(13)14/h3,7,10H,1,4-6H2,2H3,(H,11,12)(H,13,14)/t7-/m1/s1. The fourth-order valence-electron chi connectivity index (χ4n) is 0.872. The van der Waals surface area contributed by atoms with E-state index in [4.69, 9.17) is 5.11 Å². The number of carbonyl (C=O) groups is 2. The van der Waals surface area contributed by atoms with Crippen LogP contribution >= 0.6 is 0 Å². The molecule has 0 spiro atoms. The van der Waals surface area contributed by atoms with Crippen LogP contribution in [0.5, 0.6) is 0 Å². The van der Waals surface area contributed by atoms with Gasteiger partial charge in [-0.3, -0.25) is 4.79 Å². The normalized spacial score (nSPS) is 11.8. The Bertz CT molecular complexity index is 216. The minimum absolute atomic E-state index is 0.107. The van der Waals surface area contributed by atoms with E-state index in [2.05, 4.69) is 17.2 Å². The molecule has 1 atom stereocenters. The van der Waals surface area contributed by atoms with Crippen LogP contribution in [-0.2, 0) is 9.59 Å². The van der Waals surface area contributed by atoms with Gasteiger partial charge in [0, 0.05) is 6.54 Å². The smallest absolute Gasteiger partial charge is 0.326 e. The van der Waals surface area contributed by atoms with Crippen molar-refractivity contribution in [3.8, 4) is 0 Å². The average molecular weight is 200 g/mol. The summed E-state index contributed by atoms with van der Waals surface area (Å²) in [5.41, 5.74) is 0. The van der Waals surface area contributed by atoms with Crippen molar-refractivity contribution in [3.05, 3.63) is 12.7 Å². The van der Waals surface area contributed by atoms with Gasteiger partial charge in [-0.25, -0.2) is 4.79 Å². The van der Waals surface area contributed by atoms with Crippen LogP contribution < -0.4 is 10.6 Å². The molecule has 80 valence electrons. The molecule has 0 unspecified atom stereocenters. The number of carboxylic acid groups (broad SMARTS) is 1. The number of hydrogen-bond donors (Lipinski definition) is 3. The molecule has 0 radical (unpaired) electrons. The van der Waals surface area contributed by atoms with Crippen molar-refractivity contribution in [2.45, 2.75) is 19.4 Å². The van der Waals surface area contributed by atoms with Crippen molar-refractivity contribution in [2.75, 3.05) is 13.1 Å². The second kappa shape index (κ2) is 7.08. The van der Waals surface area contributed by atoms with Crippen LogP contribution in [0.25, 0.3) is 0 Å². The second-order valence-corrected chi connectivity index (χ2v) is 2.79. The maximum atomic E-state index is 11.1. The molecule has 0 bridgehead atoms. The Hall–Kier alpha value is -1.36. The quantitative estimate of drug-likeness (QED) is 0.391. The molecule has 0 aliphatic carbocycles. The van der Waals surface area contributed by atoms with E-state index in [0.29, 0.717) is 13.0 Å².